The fourth-order valence-electron chi connectivity index (χ4n) is 6.97. The number of fused-ring (bicyclic) bond motifs is 8. The van der Waals surface area contributed by atoms with E-state index in [9.17, 15) is 10.2 Å². The number of rotatable bonds is 2. The molecule has 2 aromatic heterocycles. The Labute approximate surface area is 275 Å². The van der Waals surface area contributed by atoms with Gasteiger partial charge in [-0.3, -0.25) is 9.98 Å². The lowest BCUT2D eigenvalue weighted by Gasteiger charge is -2.01. The largest absolute Gasteiger partial charge is 0.508 e. The smallest absolute Gasteiger partial charge is 0.116 e. The van der Waals surface area contributed by atoms with Gasteiger partial charge in [0.1, 0.15) is 11.5 Å². The van der Waals surface area contributed by atoms with Gasteiger partial charge in [0.2, 0.25) is 0 Å². The molecular weight excluding hydrogens is 584 g/mol. The van der Waals surface area contributed by atoms with E-state index in [1.54, 1.807) is 12.1 Å². The molecule has 0 saturated carbocycles. The van der Waals surface area contributed by atoms with Crippen molar-refractivity contribution in [2.24, 2.45) is 24.1 Å². The number of aromatic hydroxyl groups is 2. The van der Waals surface area contributed by atoms with Gasteiger partial charge in [0, 0.05) is 82.9 Å². The number of benzene rings is 4. The summed E-state index contributed by atoms with van der Waals surface area (Å²) in [4.78, 5) is 9.16. The Hall–Kier alpha value is -5.14. The van der Waals surface area contributed by atoms with Crippen LogP contribution in [0, 0.1) is 0 Å². The van der Waals surface area contributed by atoms with Crippen LogP contribution >= 0.6 is 0 Å². The second-order valence-corrected chi connectivity index (χ2v) is 12.2. The summed E-state index contributed by atoms with van der Waals surface area (Å²) in [5.41, 5.74) is 15.6. The Balaban J connectivity index is 0.000000119. The van der Waals surface area contributed by atoms with E-state index < -0.39 is 0 Å². The molecule has 0 atom stereocenters. The van der Waals surface area contributed by atoms with Crippen LogP contribution in [0.2, 0.25) is 0 Å². The van der Waals surface area contributed by atoms with E-state index in [2.05, 4.69) is 95.6 Å². The van der Waals surface area contributed by atoms with Gasteiger partial charge >= 0.3 is 0 Å². The molecule has 2 heterocycles. The zero-order valence-corrected chi connectivity index (χ0v) is 27.5. The van der Waals surface area contributed by atoms with Crippen LogP contribution in [-0.4, -0.2) is 49.3 Å². The Morgan fingerprint density at radius 3 is 1.23 bits per heavy atom. The predicted molar refractivity (Wildman–Crippen MR) is 194 cm³/mol. The van der Waals surface area contributed by atoms with Gasteiger partial charge < -0.3 is 24.8 Å². The third-order valence-electron chi connectivity index (χ3n) is 9.31. The summed E-state index contributed by atoms with van der Waals surface area (Å²) in [5.74, 6) is 0.655. The molecule has 6 aliphatic rings. The normalized spacial score (nSPS) is 15.1. The van der Waals surface area contributed by atoms with Gasteiger partial charge in [0.25, 0.3) is 0 Å². The van der Waals surface area contributed by atoms with Crippen LogP contribution in [0.1, 0.15) is 49.2 Å². The number of phenols is 2. The van der Waals surface area contributed by atoms with Crippen molar-refractivity contribution < 1.29 is 15.7 Å². The van der Waals surface area contributed by atoms with Gasteiger partial charge in [-0.1, -0.05) is 36.4 Å². The van der Waals surface area contributed by atoms with E-state index in [-0.39, 0.29) is 5.48 Å². The van der Waals surface area contributed by atoms with Crippen molar-refractivity contribution in [3.05, 3.63) is 107 Å². The van der Waals surface area contributed by atoms with Gasteiger partial charge in [-0.05, 0) is 110 Å². The highest BCUT2D eigenvalue weighted by atomic mass is 16.3. The van der Waals surface area contributed by atoms with Crippen LogP contribution in [0.4, 0.5) is 0 Å². The van der Waals surface area contributed by atoms with Crippen molar-refractivity contribution in [3.8, 4) is 33.8 Å². The summed E-state index contributed by atoms with van der Waals surface area (Å²) < 4.78 is 4.45. The van der Waals surface area contributed by atoms with Crippen molar-refractivity contribution in [3.63, 3.8) is 0 Å². The molecule has 10 rings (SSSR count). The zero-order valence-electron chi connectivity index (χ0n) is 27.5. The lowest BCUT2D eigenvalue weighted by Crippen LogP contribution is -1.94. The Kier molecular flexibility index (Phi) is 8.76. The first-order valence-electron chi connectivity index (χ1n) is 16.3. The monoisotopic (exact) mass is 626 g/mol. The van der Waals surface area contributed by atoms with Crippen molar-refractivity contribution in [1.29, 1.82) is 0 Å². The molecule has 4 aromatic rings. The Bertz CT molecular complexity index is 1990. The molecule has 0 spiro atoms. The fraction of sp³-hybridized carbons (Fsp3) is 0.250. The number of hydrogen-bond acceptors (Lipinski definition) is 4. The van der Waals surface area contributed by atoms with Crippen LogP contribution in [-0.2, 0) is 26.9 Å². The fourth-order valence-corrected chi connectivity index (χ4v) is 6.97. The summed E-state index contributed by atoms with van der Waals surface area (Å²) in [7, 11) is 4.18. The van der Waals surface area contributed by atoms with Gasteiger partial charge in [-0.25, -0.2) is 0 Å². The van der Waals surface area contributed by atoms with Crippen molar-refractivity contribution in [2.45, 2.75) is 39.5 Å². The number of aliphatic imine (C=N–C) groups is 2. The topological polar surface area (TPSA) is 107 Å². The average molecular weight is 627 g/mol. The quantitative estimate of drug-likeness (QED) is 0.204. The SMILES string of the molecule is CCN=C1CCc2c1c1cc(O)ccc1n2C.CCN=C1CCc2c1c1cc(O)ccc1n2C.O.c1cc2cc-2c1.c1cc2cc-2c1. The highest BCUT2D eigenvalue weighted by molar-refractivity contribution is 6.15. The molecule has 47 heavy (non-hydrogen) atoms. The first-order valence-corrected chi connectivity index (χ1v) is 16.3. The number of aromatic nitrogens is 2. The van der Waals surface area contributed by atoms with Crippen LogP contribution < -0.4 is 0 Å². The molecule has 0 fully saturated rings. The highest BCUT2D eigenvalue weighted by Gasteiger charge is 2.26. The maximum absolute atomic E-state index is 9.64. The van der Waals surface area contributed by atoms with Crippen molar-refractivity contribution in [2.75, 3.05) is 13.1 Å². The minimum Gasteiger partial charge on any atom is -0.508 e. The summed E-state index contributed by atoms with van der Waals surface area (Å²) in [6, 6.07) is 28.1. The molecule has 0 amide bonds. The van der Waals surface area contributed by atoms with E-state index in [1.165, 1.54) is 67.2 Å². The molecule has 6 aliphatic carbocycles. The standard InChI is InChI=1S/2C14H16N2O.2C6H4.H2O/c2*1-3-15-11-5-7-13-14(11)10-8-9(17)4-6-12(10)16(13)2;2*1-2-5-4-6(5)3-1;/h2*4,6,8,17H,3,5,7H2,1-2H3;2*1-4H;1H2. The summed E-state index contributed by atoms with van der Waals surface area (Å²) in [6.07, 6.45) is 4.16. The van der Waals surface area contributed by atoms with E-state index in [4.69, 9.17) is 0 Å². The molecule has 7 nitrogen and oxygen atoms in total. The Morgan fingerprint density at radius 2 is 0.936 bits per heavy atom. The van der Waals surface area contributed by atoms with E-state index in [0.717, 1.165) is 49.5 Å². The maximum Gasteiger partial charge on any atom is 0.116 e. The summed E-state index contributed by atoms with van der Waals surface area (Å²) in [5, 5.41) is 21.5. The molecule has 0 aliphatic heterocycles. The van der Waals surface area contributed by atoms with Crippen LogP contribution in [0.15, 0.2) is 94.9 Å². The third-order valence-corrected chi connectivity index (χ3v) is 9.31. The Morgan fingerprint density at radius 1 is 0.553 bits per heavy atom. The van der Waals surface area contributed by atoms with Crippen LogP contribution in [0.5, 0.6) is 11.5 Å². The number of aryl methyl sites for hydroxylation is 2. The molecule has 0 unspecified atom stereocenters. The molecule has 2 aromatic carbocycles. The van der Waals surface area contributed by atoms with Gasteiger partial charge in [-0.2, -0.15) is 0 Å². The van der Waals surface area contributed by atoms with E-state index in [0.29, 0.717) is 11.5 Å². The third kappa shape index (κ3) is 6.07. The molecule has 0 saturated heterocycles. The average Bonchev–Trinajstić information content (AvgIpc) is 3.50. The minimum absolute atomic E-state index is 0. The van der Waals surface area contributed by atoms with Crippen LogP contribution in [0.25, 0.3) is 44.1 Å². The predicted octanol–water partition coefficient (Wildman–Crippen LogP) is 7.79. The van der Waals surface area contributed by atoms with Gasteiger partial charge in [0.15, 0.2) is 0 Å². The number of phenolic OH excluding ortho intramolecular Hbond substituents is 2. The van der Waals surface area contributed by atoms with E-state index in [1.807, 2.05) is 24.3 Å². The molecule has 4 N–H and O–H groups in total. The molecule has 7 heteroatoms. The van der Waals surface area contributed by atoms with Gasteiger partial charge in [0.05, 0.1) is 0 Å². The second-order valence-electron chi connectivity index (χ2n) is 12.2. The first-order chi connectivity index (χ1) is 22.4. The lowest BCUT2D eigenvalue weighted by molar-refractivity contribution is 0.475. The maximum atomic E-state index is 9.64. The van der Waals surface area contributed by atoms with E-state index >= 15 is 0 Å². The molecule has 0 bridgehead atoms. The van der Waals surface area contributed by atoms with Gasteiger partial charge in [-0.15, -0.1) is 0 Å². The van der Waals surface area contributed by atoms with Crippen molar-refractivity contribution >= 4 is 33.2 Å². The number of hydrogen-bond donors (Lipinski definition) is 2. The first kappa shape index (κ1) is 31.8. The highest BCUT2D eigenvalue weighted by Crippen LogP contribution is 2.36. The lowest BCUT2D eigenvalue weighted by atomic mass is 10.1. The summed E-state index contributed by atoms with van der Waals surface area (Å²) in [6.45, 7) is 5.77. The molecular formula is C40H42N4O3. The molecule has 240 valence electrons. The summed E-state index contributed by atoms with van der Waals surface area (Å²) >= 11 is 0. The molecule has 0 radical (unpaired) electrons. The second kappa shape index (κ2) is 12.9. The number of nitrogens with zero attached hydrogens (tertiary/aromatic N) is 4. The minimum atomic E-state index is 0. The van der Waals surface area contributed by atoms with Crippen LogP contribution in [0.3, 0.4) is 0 Å². The van der Waals surface area contributed by atoms with Crippen molar-refractivity contribution in [1.82, 2.24) is 9.13 Å². The zero-order chi connectivity index (χ0) is 31.9.